The van der Waals surface area contributed by atoms with Gasteiger partial charge in [-0.3, -0.25) is 9.78 Å². The van der Waals surface area contributed by atoms with Crippen LogP contribution >= 0.6 is 0 Å². The van der Waals surface area contributed by atoms with E-state index in [9.17, 15) is 4.79 Å². The molecule has 5 heterocycles. The molecule has 5 rings (SSSR count). The summed E-state index contributed by atoms with van der Waals surface area (Å²) in [4.78, 5) is 25.7. The van der Waals surface area contributed by atoms with Crippen LogP contribution in [0.15, 0.2) is 6.20 Å². The molecule has 2 aliphatic rings. The van der Waals surface area contributed by atoms with Gasteiger partial charge in [0.05, 0.1) is 17.6 Å². The maximum atomic E-state index is 10.1. The van der Waals surface area contributed by atoms with Crippen LogP contribution in [-0.4, -0.2) is 59.9 Å². The van der Waals surface area contributed by atoms with Crippen LogP contribution in [0, 0.1) is 19.8 Å². The van der Waals surface area contributed by atoms with Gasteiger partial charge in [0.2, 0.25) is 11.9 Å². The van der Waals surface area contributed by atoms with E-state index in [0.717, 1.165) is 67.2 Å². The van der Waals surface area contributed by atoms with Crippen LogP contribution in [-0.2, 0) is 11.8 Å². The quantitative estimate of drug-likeness (QED) is 0.697. The minimum Gasteiger partial charge on any atom is -0.356 e. The monoisotopic (exact) mass is 409 g/mol. The molecule has 158 valence electrons. The maximum absolute atomic E-state index is 10.1. The molecule has 0 radical (unpaired) electrons. The Labute approximate surface area is 175 Å². The van der Waals surface area contributed by atoms with Crippen LogP contribution in [0.4, 0.5) is 5.95 Å². The van der Waals surface area contributed by atoms with Crippen molar-refractivity contribution < 1.29 is 4.79 Å². The summed E-state index contributed by atoms with van der Waals surface area (Å²) in [6.45, 7) is 9.11. The number of carbonyl (C=O) groups excluding carboxylic acids is 1. The van der Waals surface area contributed by atoms with Crippen molar-refractivity contribution in [1.29, 1.82) is 0 Å². The molecule has 3 aromatic rings. The molecule has 2 aliphatic heterocycles. The molecule has 1 amide bonds. The molecule has 0 atom stereocenters. The van der Waals surface area contributed by atoms with Gasteiger partial charge < -0.3 is 10.2 Å². The molecule has 0 spiro atoms. The number of aromatic nitrogens is 7. The van der Waals surface area contributed by atoms with Gasteiger partial charge in [-0.05, 0) is 38.3 Å². The van der Waals surface area contributed by atoms with Crippen molar-refractivity contribution in [3.8, 4) is 0 Å². The first-order chi connectivity index (χ1) is 14.4. The fourth-order valence-electron chi connectivity index (χ4n) is 3.38. The van der Waals surface area contributed by atoms with Crippen molar-refractivity contribution in [3.63, 3.8) is 0 Å². The van der Waals surface area contributed by atoms with Gasteiger partial charge >= 0.3 is 0 Å². The number of fused-ring (bicyclic) bond motifs is 1. The Kier molecular flexibility index (Phi) is 5.47. The lowest BCUT2D eigenvalue weighted by Gasteiger charge is -2.36. The van der Waals surface area contributed by atoms with Crippen molar-refractivity contribution in [2.24, 2.45) is 13.0 Å². The highest BCUT2D eigenvalue weighted by Gasteiger charge is 2.26. The predicted octanol–water partition coefficient (Wildman–Crippen LogP) is 1.39. The Bertz CT molecular complexity index is 1080. The number of nitrogens with one attached hydrogen (secondary N) is 1. The first-order valence-electron chi connectivity index (χ1n) is 10.2. The molecule has 0 aromatic carbocycles. The lowest BCUT2D eigenvalue weighted by molar-refractivity contribution is -0.119. The molecule has 10 heteroatoms. The van der Waals surface area contributed by atoms with E-state index in [1.165, 1.54) is 0 Å². The van der Waals surface area contributed by atoms with E-state index in [1.807, 2.05) is 37.6 Å². The van der Waals surface area contributed by atoms with Gasteiger partial charge in [-0.2, -0.15) is 4.98 Å². The fourth-order valence-corrected chi connectivity index (χ4v) is 3.38. The summed E-state index contributed by atoms with van der Waals surface area (Å²) in [6.07, 6.45) is 7.25. The molecule has 2 saturated heterocycles. The lowest BCUT2D eigenvalue weighted by atomic mass is 10.0. The molecular weight excluding hydrogens is 382 g/mol. The summed E-state index contributed by atoms with van der Waals surface area (Å²) >= 11 is 0. The van der Waals surface area contributed by atoms with Crippen LogP contribution in [0.1, 0.15) is 42.8 Å². The maximum Gasteiger partial charge on any atom is 0.245 e. The first kappa shape index (κ1) is 20.0. The Morgan fingerprint density at radius 1 is 1.17 bits per heavy atom. The smallest absolute Gasteiger partial charge is 0.245 e. The van der Waals surface area contributed by atoms with Crippen molar-refractivity contribution in [2.45, 2.75) is 33.6 Å². The predicted molar refractivity (Wildman–Crippen MR) is 114 cm³/mol. The molecule has 2 fully saturated rings. The minimum atomic E-state index is 0.204. The summed E-state index contributed by atoms with van der Waals surface area (Å²) in [5, 5.41) is 11.7. The highest BCUT2D eigenvalue weighted by Crippen LogP contribution is 2.21. The third-order valence-corrected chi connectivity index (χ3v) is 5.28. The van der Waals surface area contributed by atoms with Crippen molar-refractivity contribution >= 4 is 29.7 Å². The topological polar surface area (TPSA) is 106 Å². The zero-order chi connectivity index (χ0) is 21.3. The number of rotatable bonds is 3. The highest BCUT2D eigenvalue weighted by molar-refractivity contribution is 5.77. The summed E-state index contributed by atoms with van der Waals surface area (Å²) < 4.78 is 3.59. The largest absolute Gasteiger partial charge is 0.356 e. The van der Waals surface area contributed by atoms with E-state index in [2.05, 4.69) is 42.3 Å². The van der Waals surface area contributed by atoms with E-state index < -0.39 is 0 Å². The normalized spacial score (nSPS) is 16.7. The van der Waals surface area contributed by atoms with Crippen LogP contribution in [0.5, 0.6) is 0 Å². The second-order valence-corrected chi connectivity index (χ2v) is 7.86. The summed E-state index contributed by atoms with van der Waals surface area (Å²) in [5.74, 6) is 3.13. The van der Waals surface area contributed by atoms with E-state index in [0.29, 0.717) is 5.82 Å². The molecule has 0 bridgehead atoms. The van der Waals surface area contributed by atoms with Crippen molar-refractivity contribution in [3.05, 3.63) is 29.2 Å². The van der Waals surface area contributed by atoms with Crippen LogP contribution < -0.4 is 10.2 Å². The number of hydrogen-bond donors (Lipinski definition) is 1. The van der Waals surface area contributed by atoms with E-state index >= 15 is 0 Å². The molecular formula is C20H27N9O. The second-order valence-electron chi connectivity index (χ2n) is 7.86. The number of anilines is 1. The van der Waals surface area contributed by atoms with E-state index in [4.69, 9.17) is 0 Å². The Morgan fingerprint density at radius 3 is 2.60 bits per heavy atom. The molecule has 0 unspecified atom stereocenters. The average molecular weight is 409 g/mol. The van der Waals surface area contributed by atoms with Crippen LogP contribution in [0.25, 0.3) is 17.8 Å². The summed E-state index contributed by atoms with van der Waals surface area (Å²) in [5.41, 5.74) is 2.68. The second kappa shape index (κ2) is 8.21. The van der Waals surface area contributed by atoms with E-state index in [1.54, 1.807) is 10.9 Å². The lowest BCUT2D eigenvalue weighted by Crippen LogP contribution is -2.45. The minimum absolute atomic E-state index is 0.204. The first-order valence-corrected chi connectivity index (χ1v) is 10.2. The Hall–Kier alpha value is -3.30. The molecule has 0 saturated carbocycles. The van der Waals surface area contributed by atoms with Gasteiger partial charge in [0.1, 0.15) is 0 Å². The van der Waals surface area contributed by atoms with Gasteiger partial charge in [-0.15, -0.1) is 10.2 Å². The zero-order valence-electron chi connectivity index (χ0n) is 17.8. The number of hydrogen-bond acceptors (Lipinski definition) is 7. The third kappa shape index (κ3) is 4.17. The number of amides is 1. The van der Waals surface area contributed by atoms with Gasteiger partial charge in [0.25, 0.3) is 0 Å². The number of aryl methyl sites for hydroxylation is 3. The SMILES string of the molecule is Cc1ncc2nc(/C=C/c3nc(N4CC(C)C4)nn3C)nn2c1C.O=C1CCCN1. The van der Waals surface area contributed by atoms with Crippen molar-refractivity contribution in [1.82, 2.24) is 39.7 Å². The molecule has 30 heavy (non-hydrogen) atoms. The van der Waals surface area contributed by atoms with Crippen LogP contribution in [0.2, 0.25) is 0 Å². The van der Waals surface area contributed by atoms with Gasteiger partial charge in [-0.25, -0.2) is 14.2 Å². The number of nitrogens with zero attached hydrogens (tertiary/aromatic N) is 8. The zero-order valence-corrected chi connectivity index (χ0v) is 17.8. The Balaban J connectivity index is 0.000000313. The fraction of sp³-hybridized carbons (Fsp3) is 0.500. The van der Waals surface area contributed by atoms with Crippen LogP contribution in [0.3, 0.4) is 0 Å². The molecule has 1 N–H and O–H groups in total. The third-order valence-electron chi connectivity index (χ3n) is 5.28. The average Bonchev–Trinajstić information content (AvgIpc) is 3.41. The molecule has 0 aliphatic carbocycles. The van der Waals surface area contributed by atoms with E-state index in [-0.39, 0.29) is 5.91 Å². The molecule has 10 nitrogen and oxygen atoms in total. The van der Waals surface area contributed by atoms with Gasteiger partial charge in [0, 0.05) is 33.1 Å². The summed E-state index contributed by atoms with van der Waals surface area (Å²) in [7, 11) is 1.90. The van der Waals surface area contributed by atoms with Crippen molar-refractivity contribution in [2.75, 3.05) is 24.5 Å². The molecule has 3 aromatic heterocycles. The van der Waals surface area contributed by atoms with Gasteiger partial charge in [0.15, 0.2) is 17.3 Å². The highest BCUT2D eigenvalue weighted by atomic mass is 16.1. The van der Waals surface area contributed by atoms with Gasteiger partial charge in [-0.1, -0.05) is 6.92 Å². The Morgan fingerprint density at radius 2 is 1.97 bits per heavy atom. The number of carbonyl (C=O) groups is 1. The standard InChI is InChI=1S/C16H20N8.C4H7NO/c1-10-8-23(9-10)16-19-14(22(4)21-16)6-5-13-18-15-7-17-11(2)12(3)24(15)20-13;6-4-2-1-3-5-4/h5-7,10H,8-9H2,1-4H3;1-3H2,(H,5,6)/b6-5+;. The summed E-state index contributed by atoms with van der Waals surface area (Å²) in [6, 6.07) is 0.